The zero-order valence-corrected chi connectivity index (χ0v) is 12.3. The number of halogens is 1. The van der Waals surface area contributed by atoms with Crippen LogP contribution in [0.5, 0.6) is 0 Å². The lowest BCUT2D eigenvalue weighted by Gasteiger charge is -2.10. The van der Waals surface area contributed by atoms with Gasteiger partial charge >= 0.3 is 0 Å². The minimum absolute atomic E-state index is 0.0836. The number of aliphatic hydroxyl groups is 1. The highest BCUT2D eigenvalue weighted by atomic mass is 35.5. The topological polar surface area (TPSA) is 32.3 Å². The van der Waals surface area contributed by atoms with E-state index in [0.717, 1.165) is 42.8 Å². The highest BCUT2D eigenvalue weighted by Crippen LogP contribution is 2.35. The lowest BCUT2D eigenvalue weighted by Crippen LogP contribution is -2.21. The molecule has 2 nitrogen and oxygen atoms in total. The third-order valence-electron chi connectivity index (χ3n) is 3.83. The van der Waals surface area contributed by atoms with Gasteiger partial charge in [0.25, 0.3) is 0 Å². The van der Waals surface area contributed by atoms with Crippen LogP contribution < -0.4 is 5.32 Å². The molecule has 2 unspecified atom stereocenters. The van der Waals surface area contributed by atoms with Crippen molar-refractivity contribution < 1.29 is 5.11 Å². The maximum Gasteiger partial charge on any atom is 0.0636 e. The molecule has 1 aromatic carbocycles. The van der Waals surface area contributed by atoms with Crippen molar-refractivity contribution in [3.63, 3.8) is 0 Å². The molecule has 0 amide bonds. The molecule has 2 atom stereocenters. The minimum Gasteiger partial charge on any atom is -0.393 e. The Balaban J connectivity index is 1.61. The van der Waals surface area contributed by atoms with E-state index in [1.807, 2.05) is 12.1 Å². The second-order valence-corrected chi connectivity index (χ2v) is 6.81. The molecular weight excluding hydrogens is 278 g/mol. The molecule has 0 aliphatic heterocycles. The Labute approximate surface area is 122 Å². The van der Waals surface area contributed by atoms with Gasteiger partial charge in [0.1, 0.15) is 0 Å². The summed E-state index contributed by atoms with van der Waals surface area (Å²) in [6, 6.07) is 8.26. The number of hydrogen-bond donors (Lipinski definition) is 2. The zero-order valence-electron chi connectivity index (χ0n) is 10.7. The molecule has 19 heavy (non-hydrogen) atoms. The summed E-state index contributed by atoms with van der Waals surface area (Å²) in [7, 11) is 0. The van der Waals surface area contributed by atoms with Gasteiger partial charge in [0.2, 0.25) is 0 Å². The largest absolute Gasteiger partial charge is 0.393 e. The summed E-state index contributed by atoms with van der Waals surface area (Å²) in [5, 5.41) is 15.0. The third kappa shape index (κ3) is 2.95. The molecule has 102 valence electrons. The Kier molecular flexibility index (Phi) is 4.08. The van der Waals surface area contributed by atoms with E-state index in [2.05, 4.69) is 17.4 Å². The van der Waals surface area contributed by atoms with Gasteiger partial charge in [-0.1, -0.05) is 29.8 Å². The maximum absolute atomic E-state index is 9.51. The molecule has 0 saturated heterocycles. The number of benzene rings is 1. The Hall–Kier alpha value is -0.610. The average Bonchev–Trinajstić information content (AvgIpc) is 2.96. The molecule has 2 aromatic rings. The van der Waals surface area contributed by atoms with Gasteiger partial charge in [0.05, 0.1) is 11.1 Å². The number of aliphatic hydroxyl groups excluding tert-OH is 1. The molecule has 1 aliphatic carbocycles. The van der Waals surface area contributed by atoms with E-state index >= 15 is 0 Å². The van der Waals surface area contributed by atoms with Gasteiger partial charge in [-0.15, -0.1) is 11.3 Å². The summed E-state index contributed by atoms with van der Waals surface area (Å²) in [5.74, 6) is 0.614. The first-order chi connectivity index (χ1) is 9.24. The van der Waals surface area contributed by atoms with Crippen LogP contribution in [0.3, 0.4) is 0 Å². The molecule has 1 aromatic heterocycles. The first kappa shape index (κ1) is 13.4. The lowest BCUT2D eigenvalue weighted by molar-refractivity contribution is 0.177. The summed E-state index contributed by atoms with van der Waals surface area (Å²) in [6.07, 6.45) is 2.94. The SMILES string of the molecule is OC1CCC(CNCc2sc3ccccc3c2Cl)C1. The van der Waals surface area contributed by atoms with E-state index in [1.165, 1.54) is 9.58 Å². The van der Waals surface area contributed by atoms with Crippen molar-refractivity contribution >= 4 is 33.0 Å². The molecular formula is C15H18ClNOS. The number of thiophene rings is 1. The first-order valence-electron chi connectivity index (χ1n) is 6.78. The van der Waals surface area contributed by atoms with Gasteiger partial charge in [-0.2, -0.15) is 0 Å². The molecule has 2 N–H and O–H groups in total. The van der Waals surface area contributed by atoms with Crippen LogP contribution in [0, 0.1) is 5.92 Å². The fourth-order valence-electron chi connectivity index (χ4n) is 2.80. The second kappa shape index (κ2) is 5.80. The minimum atomic E-state index is -0.0836. The van der Waals surface area contributed by atoms with Gasteiger partial charge in [0.15, 0.2) is 0 Å². The lowest BCUT2D eigenvalue weighted by atomic mass is 10.1. The number of hydrogen-bond acceptors (Lipinski definition) is 3. The standard InChI is InChI=1S/C15H18ClNOS/c16-15-12-3-1-2-4-13(12)19-14(15)9-17-8-10-5-6-11(18)7-10/h1-4,10-11,17-18H,5-9H2. The molecule has 1 fully saturated rings. The van der Waals surface area contributed by atoms with Crippen LogP contribution in [0.4, 0.5) is 0 Å². The fraction of sp³-hybridized carbons (Fsp3) is 0.467. The average molecular weight is 296 g/mol. The van der Waals surface area contributed by atoms with Crippen molar-refractivity contribution in [1.29, 1.82) is 0 Å². The molecule has 3 rings (SSSR count). The smallest absolute Gasteiger partial charge is 0.0636 e. The van der Waals surface area contributed by atoms with E-state index < -0.39 is 0 Å². The molecule has 1 aliphatic rings. The van der Waals surface area contributed by atoms with Gasteiger partial charge in [-0.25, -0.2) is 0 Å². The van der Waals surface area contributed by atoms with Gasteiger partial charge in [0, 0.05) is 21.5 Å². The molecule has 0 spiro atoms. The monoisotopic (exact) mass is 295 g/mol. The third-order valence-corrected chi connectivity index (χ3v) is 5.55. The quantitative estimate of drug-likeness (QED) is 0.899. The second-order valence-electron chi connectivity index (χ2n) is 5.30. The predicted octanol–water partition coefficient (Wildman–Crippen LogP) is 3.81. The summed E-state index contributed by atoms with van der Waals surface area (Å²) in [6.45, 7) is 1.80. The molecule has 1 heterocycles. The number of rotatable bonds is 4. The zero-order chi connectivity index (χ0) is 13.2. The Morgan fingerprint density at radius 2 is 2.16 bits per heavy atom. The Bertz CT molecular complexity index is 568. The number of fused-ring (bicyclic) bond motifs is 1. The van der Waals surface area contributed by atoms with Crippen molar-refractivity contribution in [3.05, 3.63) is 34.2 Å². The van der Waals surface area contributed by atoms with Crippen molar-refractivity contribution in [2.24, 2.45) is 5.92 Å². The van der Waals surface area contributed by atoms with E-state index in [0.29, 0.717) is 5.92 Å². The van der Waals surface area contributed by atoms with Gasteiger partial charge in [-0.3, -0.25) is 0 Å². The van der Waals surface area contributed by atoms with Crippen LogP contribution in [0.15, 0.2) is 24.3 Å². The van der Waals surface area contributed by atoms with Crippen LogP contribution >= 0.6 is 22.9 Å². The van der Waals surface area contributed by atoms with Gasteiger partial charge < -0.3 is 10.4 Å². The van der Waals surface area contributed by atoms with E-state index in [4.69, 9.17) is 11.6 Å². The Morgan fingerprint density at radius 3 is 2.89 bits per heavy atom. The summed E-state index contributed by atoms with van der Waals surface area (Å²) >= 11 is 8.17. The van der Waals surface area contributed by atoms with Crippen molar-refractivity contribution in [1.82, 2.24) is 5.32 Å². The first-order valence-corrected chi connectivity index (χ1v) is 7.98. The van der Waals surface area contributed by atoms with Crippen LogP contribution in [-0.4, -0.2) is 17.8 Å². The molecule has 0 radical (unpaired) electrons. The van der Waals surface area contributed by atoms with Crippen molar-refractivity contribution in [2.45, 2.75) is 31.9 Å². The highest BCUT2D eigenvalue weighted by molar-refractivity contribution is 7.19. The summed E-state index contributed by atoms with van der Waals surface area (Å²) < 4.78 is 1.25. The molecule has 4 heteroatoms. The Morgan fingerprint density at radius 1 is 1.32 bits per heavy atom. The normalized spacial score (nSPS) is 23.3. The molecule has 1 saturated carbocycles. The predicted molar refractivity (Wildman–Crippen MR) is 81.9 cm³/mol. The van der Waals surface area contributed by atoms with Crippen LogP contribution in [-0.2, 0) is 6.54 Å². The van der Waals surface area contributed by atoms with Crippen LogP contribution in [0.1, 0.15) is 24.1 Å². The van der Waals surface area contributed by atoms with Crippen molar-refractivity contribution in [3.8, 4) is 0 Å². The van der Waals surface area contributed by atoms with E-state index in [1.54, 1.807) is 11.3 Å². The van der Waals surface area contributed by atoms with E-state index in [-0.39, 0.29) is 6.10 Å². The van der Waals surface area contributed by atoms with Crippen LogP contribution in [0.2, 0.25) is 5.02 Å². The van der Waals surface area contributed by atoms with Crippen LogP contribution in [0.25, 0.3) is 10.1 Å². The fourth-order valence-corrected chi connectivity index (χ4v) is 4.27. The van der Waals surface area contributed by atoms with Gasteiger partial charge in [-0.05, 0) is 37.8 Å². The highest BCUT2D eigenvalue weighted by Gasteiger charge is 2.22. The summed E-state index contributed by atoms with van der Waals surface area (Å²) in [4.78, 5) is 1.21. The van der Waals surface area contributed by atoms with E-state index in [9.17, 15) is 5.11 Å². The molecule has 0 bridgehead atoms. The summed E-state index contributed by atoms with van der Waals surface area (Å²) in [5.41, 5.74) is 0. The van der Waals surface area contributed by atoms with Crippen molar-refractivity contribution in [2.75, 3.05) is 6.54 Å². The number of nitrogens with one attached hydrogen (secondary N) is 1. The maximum atomic E-state index is 9.51.